The molecule has 5 heteroatoms. The van der Waals surface area contributed by atoms with Crippen LogP contribution in [-0.4, -0.2) is 37.0 Å². The van der Waals surface area contributed by atoms with Gasteiger partial charge in [-0.15, -0.1) is 0 Å². The molecule has 0 unspecified atom stereocenters. The summed E-state index contributed by atoms with van der Waals surface area (Å²) in [4.78, 5) is 13.9. The van der Waals surface area contributed by atoms with Crippen LogP contribution in [0.4, 0.5) is 4.39 Å². The van der Waals surface area contributed by atoms with Gasteiger partial charge in [-0.05, 0) is 39.1 Å². The zero-order valence-electron chi connectivity index (χ0n) is 10.8. The Bertz CT molecular complexity index is 423. The highest BCUT2D eigenvalue weighted by Crippen LogP contribution is 2.16. The van der Waals surface area contributed by atoms with Gasteiger partial charge in [-0.2, -0.15) is 0 Å². The summed E-state index contributed by atoms with van der Waals surface area (Å²) in [6.07, 6.45) is 0. The number of amides is 1. The van der Waals surface area contributed by atoms with E-state index in [4.69, 9.17) is 11.6 Å². The molecule has 0 bridgehead atoms. The molecule has 0 aliphatic heterocycles. The number of nitrogens with zero attached hydrogens (tertiary/aromatic N) is 1. The molecule has 1 aromatic rings. The largest absolute Gasteiger partial charge is 0.351 e. The highest BCUT2D eigenvalue weighted by Gasteiger charge is 2.11. The van der Waals surface area contributed by atoms with Gasteiger partial charge in [0.2, 0.25) is 0 Å². The molecule has 1 N–H and O–H groups in total. The third-order valence-corrected chi connectivity index (χ3v) is 3.12. The van der Waals surface area contributed by atoms with Crippen molar-refractivity contribution in [1.82, 2.24) is 10.2 Å². The predicted molar refractivity (Wildman–Crippen MR) is 71.5 cm³/mol. The third-order valence-electron chi connectivity index (χ3n) is 2.81. The lowest BCUT2D eigenvalue weighted by molar-refractivity contribution is 0.0948. The molecule has 0 saturated heterocycles. The second kappa shape index (κ2) is 6.71. The van der Waals surface area contributed by atoms with Crippen molar-refractivity contribution in [2.45, 2.75) is 19.9 Å². The summed E-state index contributed by atoms with van der Waals surface area (Å²) in [6, 6.07) is 4.17. The maximum atomic E-state index is 12.8. The number of halogens is 2. The van der Waals surface area contributed by atoms with E-state index in [1.54, 1.807) is 0 Å². The SMILES string of the molecule is CC(C)N(C)CCNC(=O)c1ccc(F)cc1Cl. The van der Waals surface area contributed by atoms with E-state index >= 15 is 0 Å². The Labute approximate surface area is 112 Å². The van der Waals surface area contributed by atoms with Crippen molar-refractivity contribution < 1.29 is 9.18 Å². The van der Waals surface area contributed by atoms with Gasteiger partial charge in [0.05, 0.1) is 10.6 Å². The van der Waals surface area contributed by atoms with Gasteiger partial charge in [0.25, 0.3) is 5.91 Å². The van der Waals surface area contributed by atoms with Crippen molar-refractivity contribution in [2.75, 3.05) is 20.1 Å². The van der Waals surface area contributed by atoms with Crippen LogP contribution in [0.1, 0.15) is 24.2 Å². The molecule has 1 rings (SSSR count). The summed E-state index contributed by atoms with van der Waals surface area (Å²) in [5.41, 5.74) is 0.297. The molecule has 0 aliphatic carbocycles. The molecular formula is C13H18ClFN2O. The molecule has 0 heterocycles. The Morgan fingerprint density at radius 1 is 1.50 bits per heavy atom. The van der Waals surface area contributed by atoms with Gasteiger partial charge in [-0.1, -0.05) is 11.6 Å². The summed E-state index contributed by atoms with van der Waals surface area (Å²) < 4.78 is 12.8. The number of carbonyl (C=O) groups is 1. The summed E-state index contributed by atoms with van der Waals surface area (Å²) >= 11 is 5.81. The first-order valence-corrected chi connectivity index (χ1v) is 6.23. The zero-order valence-corrected chi connectivity index (χ0v) is 11.6. The van der Waals surface area contributed by atoms with Crippen LogP contribution in [0.2, 0.25) is 5.02 Å². The fraction of sp³-hybridized carbons (Fsp3) is 0.462. The van der Waals surface area contributed by atoms with Gasteiger partial charge in [-0.3, -0.25) is 4.79 Å². The lowest BCUT2D eigenvalue weighted by atomic mass is 10.2. The van der Waals surface area contributed by atoms with Gasteiger partial charge in [0.15, 0.2) is 0 Å². The monoisotopic (exact) mass is 272 g/mol. The lowest BCUT2D eigenvalue weighted by Gasteiger charge is -2.20. The molecule has 100 valence electrons. The minimum absolute atomic E-state index is 0.129. The zero-order chi connectivity index (χ0) is 13.7. The maximum absolute atomic E-state index is 12.8. The molecule has 0 fully saturated rings. The number of carbonyl (C=O) groups excluding carboxylic acids is 1. The topological polar surface area (TPSA) is 32.3 Å². The van der Waals surface area contributed by atoms with Gasteiger partial charge < -0.3 is 10.2 Å². The van der Waals surface area contributed by atoms with E-state index in [9.17, 15) is 9.18 Å². The Balaban J connectivity index is 2.51. The van der Waals surface area contributed by atoms with Crippen LogP contribution < -0.4 is 5.32 Å². The van der Waals surface area contributed by atoms with Crippen molar-refractivity contribution in [2.24, 2.45) is 0 Å². The van der Waals surface area contributed by atoms with Gasteiger partial charge in [0.1, 0.15) is 5.82 Å². The number of rotatable bonds is 5. The molecule has 18 heavy (non-hydrogen) atoms. The summed E-state index contributed by atoms with van der Waals surface area (Å²) in [5, 5.41) is 2.89. The smallest absolute Gasteiger partial charge is 0.252 e. The molecule has 0 atom stereocenters. The summed E-state index contributed by atoms with van der Waals surface area (Å²) in [7, 11) is 1.99. The molecule has 3 nitrogen and oxygen atoms in total. The molecule has 1 amide bonds. The van der Waals surface area contributed by atoms with Crippen LogP contribution in [0.5, 0.6) is 0 Å². The number of likely N-dealkylation sites (N-methyl/N-ethyl adjacent to an activating group) is 1. The van der Waals surface area contributed by atoms with Crippen molar-refractivity contribution in [1.29, 1.82) is 0 Å². The fourth-order valence-electron chi connectivity index (χ4n) is 1.37. The van der Waals surface area contributed by atoms with E-state index in [1.807, 2.05) is 7.05 Å². The van der Waals surface area contributed by atoms with Crippen LogP contribution in [0, 0.1) is 5.82 Å². The highest BCUT2D eigenvalue weighted by molar-refractivity contribution is 6.33. The number of hydrogen-bond acceptors (Lipinski definition) is 2. The van der Waals surface area contributed by atoms with E-state index in [0.29, 0.717) is 18.2 Å². The number of nitrogens with one attached hydrogen (secondary N) is 1. The minimum Gasteiger partial charge on any atom is -0.351 e. The fourth-order valence-corrected chi connectivity index (χ4v) is 1.63. The average molecular weight is 273 g/mol. The van der Waals surface area contributed by atoms with E-state index in [2.05, 4.69) is 24.1 Å². The highest BCUT2D eigenvalue weighted by atomic mass is 35.5. The lowest BCUT2D eigenvalue weighted by Crippen LogP contribution is -2.36. The standard InChI is InChI=1S/C13H18ClFN2O/c1-9(2)17(3)7-6-16-13(18)11-5-4-10(15)8-12(11)14/h4-5,8-9H,6-7H2,1-3H3,(H,16,18). The Kier molecular flexibility index (Phi) is 5.56. The molecule has 0 saturated carbocycles. The van der Waals surface area contributed by atoms with Crippen molar-refractivity contribution >= 4 is 17.5 Å². The van der Waals surface area contributed by atoms with Crippen molar-refractivity contribution in [3.63, 3.8) is 0 Å². The second-order valence-electron chi connectivity index (χ2n) is 4.45. The molecule has 0 aliphatic rings. The first-order valence-electron chi connectivity index (χ1n) is 5.85. The minimum atomic E-state index is -0.448. The number of benzene rings is 1. The molecule has 0 radical (unpaired) electrons. The third kappa shape index (κ3) is 4.27. The van der Waals surface area contributed by atoms with E-state index in [0.717, 1.165) is 12.6 Å². The van der Waals surface area contributed by atoms with Crippen LogP contribution in [0.15, 0.2) is 18.2 Å². The van der Waals surface area contributed by atoms with E-state index in [1.165, 1.54) is 12.1 Å². The predicted octanol–water partition coefficient (Wildman–Crippen LogP) is 2.55. The molecular weight excluding hydrogens is 255 g/mol. The average Bonchev–Trinajstić information content (AvgIpc) is 2.28. The van der Waals surface area contributed by atoms with Crippen molar-refractivity contribution in [3.8, 4) is 0 Å². The quantitative estimate of drug-likeness (QED) is 0.893. The first kappa shape index (κ1) is 14.9. The van der Waals surface area contributed by atoms with Gasteiger partial charge in [-0.25, -0.2) is 4.39 Å². The van der Waals surface area contributed by atoms with Crippen LogP contribution >= 0.6 is 11.6 Å². The van der Waals surface area contributed by atoms with Gasteiger partial charge in [0, 0.05) is 19.1 Å². The van der Waals surface area contributed by atoms with Crippen LogP contribution in [0.25, 0.3) is 0 Å². The molecule has 0 spiro atoms. The van der Waals surface area contributed by atoms with Crippen molar-refractivity contribution in [3.05, 3.63) is 34.6 Å². The normalized spacial score (nSPS) is 11.1. The summed E-state index contributed by atoms with van der Waals surface area (Å²) in [6.45, 7) is 5.45. The van der Waals surface area contributed by atoms with Crippen LogP contribution in [-0.2, 0) is 0 Å². The Morgan fingerprint density at radius 2 is 2.17 bits per heavy atom. The van der Waals surface area contributed by atoms with Crippen LogP contribution in [0.3, 0.4) is 0 Å². The molecule has 0 aromatic heterocycles. The maximum Gasteiger partial charge on any atom is 0.252 e. The molecule has 1 aromatic carbocycles. The second-order valence-corrected chi connectivity index (χ2v) is 4.86. The Hall–Kier alpha value is -1.13. The van der Waals surface area contributed by atoms with E-state index in [-0.39, 0.29) is 10.9 Å². The summed E-state index contributed by atoms with van der Waals surface area (Å²) in [5.74, 6) is -0.728. The number of hydrogen-bond donors (Lipinski definition) is 1. The van der Waals surface area contributed by atoms with Gasteiger partial charge >= 0.3 is 0 Å². The first-order chi connectivity index (χ1) is 8.41. The Morgan fingerprint density at radius 3 is 2.72 bits per heavy atom. The van der Waals surface area contributed by atoms with E-state index < -0.39 is 5.82 Å².